The summed E-state index contributed by atoms with van der Waals surface area (Å²) in [6.45, 7) is 7.46. The third kappa shape index (κ3) is 2.91. The van der Waals surface area contributed by atoms with Crippen LogP contribution in [0.4, 0.5) is 0 Å². The van der Waals surface area contributed by atoms with Crippen molar-refractivity contribution in [3.8, 4) is 0 Å². The summed E-state index contributed by atoms with van der Waals surface area (Å²) in [6.07, 6.45) is 0. The summed E-state index contributed by atoms with van der Waals surface area (Å²) in [5, 5.41) is 10.7. The van der Waals surface area contributed by atoms with Gasteiger partial charge in [0, 0.05) is 0 Å². The van der Waals surface area contributed by atoms with Gasteiger partial charge in [0.15, 0.2) is 0 Å². The molecular weight excluding hydrogens is 228 g/mol. The first-order chi connectivity index (χ1) is 8.30. The Kier molecular flexibility index (Phi) is 4.52. The molecule has 1 aromatic carbocycles. The van der Waals surface area contributed by atoms with Gasteiger partial charge in [-0.15, -0.1) is 0 Å². The number of ether oxygens (including phenoxy) is 1. The maximum atomic E-state index is 11.9. The zero-order valence-corrected chi connectivity index (χ0v) is 11.7. The molecule has 3 heteroatoms. The molecule has 0 aliphatic carbocycles. The molecule has 0 aromatic heterocycles. The summed E-state index contributed by atoms with van der Waals surface area (Å²) in [5.74, 6) is -0.963. The zero-order valence-electron chi connectivity index (χ0n) is 11.7. The van der Waals surface area contributed by atoms with E-state index in [4.69, 9.17) is 4.74 Å². The Morgan fingerprint density at radius 3 is 2.17 bits per heavy atom. The second kappa shape index (κ2) is 5.53. The SMILES string of the molecule is COC(=O)C(C(C)C)C(C)(O)c1ccc(C)cc1. The van der Waals surface area contributed by atoms with Gasteiger partial charge in [-0.2, -0.15) is 0 Å². The van der Waals surface area contributed by atoms with Crippen LogP contribution in [0.25, 0.3) is 0 Å². The van der Waals surface area contributed by atoms with Crippen molar-refractivity contribution in [1.29, 1.82) is 0 Å². The van der Waals surface area contributed by atoms with Gasteiger partial charge in [-0.3, -0.25) is 4.79 Å². The first kappa shape index (κ1) is 14.7. The van der Waals surface area contributed by atoms with E-state index in [1.807, 2.05) is 45.0 Å². The van der Waals surface area contributed by atoms with Crippen molar-refractivity contribution in [2.75, 3.05) is 7.11 Å². The van der Waals surface area contributed by atoms with Gasteiger partial charge in [-0.05, 0) is 25.3 Å². The van der Waals surface area contributed by atoms with E-state index in [1.54, 1.807) is 6.92 Å². The average molecular weight is 250 g/mol. The summed E-state index contributed by atoms with van der Waals surface area (Å²) in [6, 6.07) is 7.57. The second-order valence-corrected chi connectivity index (χ2v) is 5.26. The number of rotatable bonds is 4. The average Bonchev–Trinajstić information content (AvgIpc) is 2.28. The van der Waals surface area contributed by atoms with Crippen LogP contribution in [0.2, 0.25) is 0 Å². The molecule has 2 atom stereocenters. The molecule has 0 saturated heterocycles. The van der Waals surface area contributed by atoms with Gasteiger partial charge in [0.05, 0.1) is 13.0 Å². The Morgan fingerprint density at radius 2 is 1.78 bits per heavy atom. The van der Waals surface area contributed by atoms with E-state index < -0.39 is 11.5 Å². The Labute approximate surface area is 109 Å². The molecule has 0 spiro atoms. The lowest BCUT2D eigenvalue weighted by molar-refractivity contribution is -0.159. The lowest BCUT2D eigenvalue weighted by Crippen LogP contribution is -2.41. The van der Waals surface area contributed by atoms with E-state index in [1.165, 1.54) is 7.11 Å². The third-order valence-electron chi connectivity index (χ3n) is 3.36. The molecule has 3 nitrogen and oxygen atoms in total. The smallest absolute Gasteiger partial charge is 0.312 e. The minimum absolute atomic E-state index is 0.00578. The van der Waals surface area contributed by atoms with Crippen molar-refractivity contribution in [2.45, 2.75) is 33.3 Å². The van der Waals surface area contributed by atoms with Crippen LogP contribution in [0.5, 0.6) is 0 Å². The molecule has 1 rings (SSSR count). The highest BCUT2D eigenvalue weighted by molar-refractivity contribution is 5.74. The summed E-state index contributed by atoms with van der Waals surface area (Å²) >= 11 is 0. The summed E-state index contributed by atoms with van der Waals surface area (Å²) < 4.78 is 4.81. The van der Waals surface area contributed by atoms with Crippen molar-refractivity contribution in [1.82, 2.24) is 0 Å². The molecule has 0 aliphatic rings. The summed E-state index contributed by atoms with van der Waals surface area (Å²) in [7, 11) is 1.35. The van der Waals surface area contributed by atoms with Gasteiger partial charge < -0.3 is 9.84 Å². The molecule has 0 radical (unpaired) electrons. The quantitative estimate of drug-likeness (QED) is 0.836. The van der Waals surface area contributed by atoms with Crippen LogP contribution in [0.15, 0.2) is 24.3 Å². The topological polar surface area (TPSA) is 46.5 Å². The number of hydrogen-bond donors (Lipinski definition) is 1. The lowest BCUT2D eigenvalue weighted by Gasteiger charge is -2.34. The van der Waals surface area contributed by atoms with E-state index in [0.717, 1.165) is 11.1 Å². The number of esters is 1. The van der Waals surface area contributed by atoms with Gasteiger partial charge in [0.1, 0.15) is 5.60 Å². The maximum Gasteiger partial charge on any atom is 0.312 e. The molecule has 1 aromatic rings. The monoisotopic (exact) mass is 250 g/mol. The minimum atomic E-state index is -1.23. The van der Waals surface area contributed by atoms with Crippen molar-refractivity contribution < 1.29 is 14.6 Å². The van der Waals surface area contributed by atoms with Crippen LogP contribution in [0.3, 0.4) is 0 Å². The highest BCUT2D eigenvalue weighted by Crippen LogP contribution is 2.35. The first-order valence-corrected chi connectivity index (χ1v) is 6.18. The van der Waals surface area contributed by atoms with E-state index in [0.29, 0.717) is 0 Å². The fraction of sp³-hybridized carbons (Fsp3) is 0.533. The third-order valence-corrected chi connectivity index (χ3v) is 3.36. The lowest BCUT2D eigenvalue weighted by atomic mass is 9.76. The summed E-state index contributed by atoms with van der Waals surface area (Å²) in [5.41, 5.74) is 0.625. The second-order valence-electron chi connectivity index (χ2n) is 5.26. The Bertz CT molecular complexity index is 404. The van der Waals surface area contributed by atoms with Crippen molar-refractivity contribution in [3.05, 3.63) is 35.4 Å². The van der Waals surface area contributed by atoms with Crippen LogP contribution < -0.4 is 0 Å². The van der Waals surface area contributed by atoms with Gasteiger partial charge in [-0.25, -0.2) is 0 Å². The van der Waals surface area contributed by atoms with Crippen LogP contribution in [0, 0.1) is 18.8 Å². The van der Waals surface area contributed by atoms with Gasteiger partial charge in [0.2, 0.25) is 0 Å². The Balaban J connectivity index is 3.16. The fourth-order valence-corrected chi connectivity index (χ4v) is 2.35. The molecule has 0 saturated carbocycles. The highest BCUT2D eigenvalue weighted by Gasteiger charge is 2.41. The van der Waals surface area contributed by atoms with E-state index in [-0.39, 0.29) is 11.9 Å². The molecule has 0 heterocycles. The van der Waals surface area contributed by atoms with E-state index in [2.05, 4.69) is 0 Å². The molecule has 0 bridgehead atoms. The van der Waals surface area contributed by atoms with Gasteiger partial charge in [0.25, 0.3) is 0 Å². The number of aliphatic hydroxyl groups is 1. The number of aryl methyl sites for hydroxylation is 1. The fourth-order valence-electron chi connectivity index (χ4n) is 2.35. The standard InChI is InChI=1S/C15H22O3/c1-10(2)13(14(16)18-5)15(4,17)12-8-6-11(3)7-9-12/h6-10,13,17H,1-5H3. The van der Waals surface area contributed by atoms with Crippen LogP contribution >= 0.6 is 0 Å². The number of methoxy groups -OCH3 is 1. The molecule has 18 heavy (non-hydrogen) atoms. The molecule has 2 unspecified atom stereocenters. The van der Waals surface area contributed by atoms with Crippen molar-refractivity contribution in [2.24, 2.45) is 11.8 Å². The van der Waals surface area contributed by atoms with Crippen LogP contribution in [0.1, 0.15) is 31.9 Å². The molecule has 0 fully saturated rings. The van der Waals surface area contributed by atoms with Crippen LogP contribution in [-0.2, 0) is 15.1 Å². The number of carbonyl (C=O) groups excluding carboxylic acids is 1. The Morgan fingerprint density at radius 1 is 1.28 bits per heavy atom. The van der Waals surface area contributed by atoms with Gasteiger partial charge in [-0.1, -0.05) is 43.7 Å². The normalized spacial score (nSPS) is 16.2. The van der Waals surface area contributed by atoms with E-state index in [9.17, 15) is 9.90 Å². The van der Waals surface area contributed by atoms with Gasteiger partial charge >= 0.3 is 5.97 Å². The zero-order chi connectivity index (χ0) is 13.9. The predicted octanol–water partition coefficient (Wildman–Crippen LogP) is 2.65. The molecular formula is C15H22O3. The highest BCUT2D eigenvalue weighted by atomic mass is 16.5. The largest absolute Gasteiger partial charge is 0.469 e. The van der Waals surface area contributed by atoms with E-state index >= 15 is 0 Å². The minimum Gasteiger partial charge on any atom is -0.469 e. The molecule has 0 amide bonds. The predicted molar refractivity (Wildman–Crippen MR) is 71.1 cm³/mol. The Hall–Kier alpha value is -1.35. The first-order valence-electron chi connectivity index (χ1n) is 6.18. The van der Waals surface area contributed by atoms with Crippen molar-refractivity contribution >= 4 is 5.97 Å². The number of carbonyl (C=O) groups is 1. The van der Waals surface area contributed by atoms with Crippen molar-refractivity contribution in [3.63, 3.8) is 0 Å². The molecule has 1 N–H and O–H groups in total. The molecule has 0 aliphatic heterocycles. The number of hydrogen-bond acceptors (Lipinski definition) is 3. The number of benzene rings is 1. The molecule has 100 valence electrons. The van der Waals surface area contributed by atoms with Crippen LogP contribution in [-0.4, -0.2) is 18.2 Å². The maximum absolute atomic E-state index is 11.9. The summed E-state index contributed by atoms with van der Waals surface area (Å²) in [4.78, 5) is 11.9.